The summed E-state index contributed by atoms with van der Waals surface area (Å²) < 4.78 is 4.56. The van der Waals surface area contributed by atoms with Gasteiger partial charge in [0.05, 0.1) is 19.3 Å². The van der Waals surface area contributed by atoms with Gasteiger partial charge < -0.3 is 9.64 Å². The van der Waals surface area contributed by atoms with Gasteiger partial charge in [-0.1, -0.05) is 6.92 Å². The second-order valence-corrected chi connectivity index (χ2v) is 5.06. The average molecular weight is 231 g/mol. The molecular formula is C10H17NO3S. The molecule has 0 spiro atoms. The van der Waals surface area contributed by atoms with Crippen molar-refractivity contribution in [1.82, 2.24) is 4.90 Å². The molecule has 0 aromatic carbocycles. The van der Waals surface area contributed by atoms with E-state index in [1.807, 2.05) is 11.8 Å². The van der Waals surface area contributed by atoms with Crippen LogP contribution in [0, 0.1) is 0 Å². The van der Waals surface area contributed by atoms with Crippen LogP contribution in [0.3, 0.4) is 0 Å². The predicted molar refractivity (Wildman–Crippen MR) is 59.8 cm³/mol. The Morgan fingerprint density at radius 3 is 2.60 bits per heavy atom. The molecule has 0 aliphatic carbocycles. The van der Waals surface area contributed by atoms with Crippen molar-refractivity contribution in [3.63, 3.8) is 0 Å². The van der Waals surface area contributed by atoms with Crippen LogP contribution in [0.5, 0.6) is 0 Å². The minimum absolute atomic E-state index is 0.141. The van der Waals surface area contributed by atoms with Gasteiger partial charge in [0.2, 0.25) is 5.91 Å². The molecule has 0 aromatic rings. The Morgan fingerprint density at radius 1 is 1.47 bits per heavy atom. The zero-order valence-corrected chi connectivity index (χ0v) is 10.0. The largest absolute Gasteiger partial charge is 0.469 e. The third-order valence-electron chi connectivity index (χ3n) is 2.38. The first kappa shape index (κ1) is 12.4. The molecule has 86 valence electrons. The molecule has 5 heteroatoms. The van der Waals surface area contributed by atoms with E-state index in [2.05, 4.69) is 4.74 Å². The fourth-order valence-corrected chi connectivity index (χ4v) is 2.11. The van der Waals surface area contributed by atoms with E-state index < -0.39 is 0 Å². The van der Waals surface area contributed by atoms with Gasteiger partial charge in [0.25, 0.3) is 0 Å². The van der Waals surface area contributed by atoms with Crippen LogP contribution in [0.1, 0.15) is 19.8 Å². The summed E-state index contributed by atoms with van der Waals surface area (Å²) in [7, 11) is 1.38. The highest BCUT2D eigenvalue weighted by Gasteiger charge is 2.21. The molecule has 1 rings (SSSR count). The van der Waals surface area contributed by atoms with Gasteiger partial charge in [0.1, 0.15) is 0 Å². The molecule has 0 N–H and O–H groups in total. The molecule has 1 amide bonds. The van der Waals surface area contributed by atoms with E-state index in [1.165, 1.54) is 18.9 Å². The van der Waals surface area contributed by atoms with Crippen LogP contribution in [0.15, 0.2) is 0 Å². The van der Waals surface area contributed by atoms with Gasteiger partial charge in [-0.05, 0) is 6.42 Å². The lowest BCUT2D eigenvalue weighted by Crippen LogP contribution is -2.43. The topological polar surface area (TPSA) is 46.6 Å². The maximum Gasteiger partial charge on any atom is 0.306 e. The number of amides is 1. The number of thioether (sulfide) groups is 1. The van der Waals surface area contributed by atoms with E-state index >= 15 is 0 Å². The molecule has 1 aliphatic rings. The SMILES string of the molecule is COC(=O)CC(C)SCC(=O)N1CCC1. The Morgan fingerprint density at radius 2 is 2.13 bits per heavy atom. The van der Waals surface area contributed by atoms with Gasteiger partial charge >= 0.3 is 5.97 Å². The van der Waals surface area contributed by atoms with E-state index in [0.29, 0.717) is 12.2 Å². The Kier molecular flexibility index (Phi) is 4.94. The maximum atomic E-state index is 11.5. The lowest BCUT2D eigenvalue weighted by atomic mass is 10.2. The van der Waals surface area contributed by atoms with Crippen molar-refractivity contribution in [3.05, 3.63) is 0 Å². The van der Waals surface area contributed by atoms with Gasteiger partial charge in [-0.3, -0.25) is 9.59 Å². The number of ether oxygens (including phenoxy) is 1. The van der Waals surface area contributed by atoms with E-state index in [1.54, 1.807) is 0 Å². The van der Waals surface area contributed by atoms with Crippen LogP contribution in [0.2, 0.25) is 0 Å². The van der Waals surface area contributed by atoms with Crippen LogP contribution in [-0.4, -0.2) is 48.0 Å². The van der Waals surface area contributed by atoms with Gasteiger partial charge in [0.15, 0.2) is 0 Å². The number of esters is 1. The number of hydrogen-bond acceptors (Lipinski definition) is 4. The average Bonchev–Trinajstić information content (AvgIpc) is 2.11. The zero-order chi connectivity index (χ0) is 11.3. The van der Waals surface area contributed by atoms with Crippen LogP contribution in [-0.2, 0) is 14.3 Å². The van der Waals surface area contributed by atoms with Crippen molar-refractivity contribution in [2.75, 3.05) is 26.0 Å². The Bertz CT molecular complexity index is 241. The highest BCUT2D eigenvalue weighted by Crippen LogP contribution is 2.17. The summed E-state index contributed by atoms with van der Waals surface area (Å²) in [5.41, 5.74) is 0. The summed E-state index contributed by atoms with van der Waals surface area (Å²) in [6, 6.07) is 0. The molecule has 1 atom stereocenters. The monoisotopic (exact) mass is 231 g/mol. The third kappa shape index (κ3) is 4.11. The van der Waals surface area contributed by atoms with Crippen molar-refractivity contribution < 1.29 is 14.3 Å². The molecule has 1 saturated heterocycles. The summed E-state index contributed by atoms with van der Waals surface area (Å²) in [4.78, 5) is 24.3. The molecule has 0 saturated carbocycles. The highest BCUT2D eigenvalue weighted by molar-refractivity contribution is 8.00. The summed E-state index contributed by atoms with van der Waals surface area (Å²) in [6.45, 7) is 3.72. The van der Waals surface area contributed by atoms with Gasteiger partial charge in [-0.15, -0.1) is 11.8 Å². The molecule has 0 aromatic heterocycles. The second-order valence-electron chi connectivity index (χ2n) is 3.64. The van der Waals surface area contributed by atoms with Crippen molar-refractivity contribution in [3.8, 4) is 0 Å². The van der Waals surface area contributed by atoms with Crippen LogP contribution in [0.25, 0.3) is 0 Å². The number of likely N-dealkylation sites (tertiary alicyclic amines) is 1. The van der Waals surface area contributed by atoms with E-state index in [-0.39, 0.29) is 17.1 Å². The van der Waals surface area contributed by atoms with Crippen molar-refractivity contribution in [2.24, 2.45) is 0 Å². The highest BCUT2D eigenvalue weighted by atomic mass is 32.2. The predicted octanol–water partition coefficient (Wildman–Crippen LogP) is 0.903. The molecule has 1 fully saturated rings. The van der Waals surface area contributed by atoms with Gasteiger partial charge in [0, 0.05) is 18.3 Å². The van der Waals surface area contributed by atoms with Crippen LogP contribution < -0.4 is 0 Å². The summed E-state index contributed by atoms with van der Waals surface area (Å²) in [5, 5.41) is 0.141. The fourth-order valence-electron chi connectivity index (χ4n) is 1.25. The molecule has 1 unspecified atom stereocenters. The molecule has 0 bridgehead atoms. The van der Waals surface area contributed by atoms with E-state index in [9.17, 15) is 9.59 Å². The lowest BCUT2D eigenvalue weighted by molar-refractivity contribution is -0.140. The Balaban J connectivity index is 2.12. The number of nitrogens with zero attached hydrogens (tertiary/aromatic N) is 1. The molecular weight excluding hydrogens is 214 g/mol. The minimum Gasteiger partial charge on any atom is -0.469 e. The standard InChI is InChI=1S/C10H17NO3S/c1-8(6-10(13)14-2)15-7-9(12)11-4-3-5-11/h8H,3-7H2,1-2H3. The summed E-state index contributed by atoms with van der Waals surface area (Å²) >= 11 is 1.51. The lowest BCUT2D eigenvalue weighted by Gasteiger charge is -2.31. The van der Waals surface area contributed by atoms with Crippen molar-refractivity contribution in [1.29, 1.82) is 0 Å². The third-order valence-corrected chi connectivity index (χ3v) is 3.53. The normalized spacial score (nSPS) is 16.8. The molecule has 15 heavy (non-hydrogen) atoms. The minimum atomic E-state index is -0.216. The second kappa shape index (κ2) is 6.00. The molecule has 1 aliphatic heterocycles. The van der Waals surface area contributed by atoms with E-state index in [0.717, 1.165) is 19.5 Å². The van der Waals surface area contributed by atoms with Gasteiger partial charge in [-0.25, -0.2) is 0 Å². The molecule has 0 radical (unpaired) electrons. The van der Waals surface area contributed by atoms with Crippen LogP contribution >= 0.6 is 11.8 Å². The number of carbonyl (C=O) groups excluding carboxylic acids is 2. The number of carbonyl (C=O) groups is 2. The first-order chi connectivity index (χ1) is 7.13. The quantitative estimate of drug-likeness (QED) is 0.660. The van der Waals surface area contributed by atoms with Crippen molar-refractivity contribution >= 4 is 23.6 Å². The van der Waals surface area contributed by atoms with Crippen molar-refractivity contribution in [2.45, 2.75) is 25.0 Å². The number of rotatable bonds is 5. The summed E-state index contributed by atoms with van der Waals surface area (Å²) in [6.07, 6.45) is 1.49. The molecule has 1 heterocycles. The van der Waals surface area contributed by atoms with Crippen LogP contribution in [0.4, 0.5) is 0 Å². The fraction of sp³-hybridized carbons (Fsp3) is 0.800. The van der Waals surface area contributed by atoms with E-state index in [4.69, 9.17) is 0 Å². The zero-order valence-electron chi connectivity index (χ0n) is 9.19. The molecule has 4 nitrogen and oxygen atoms in total. The first-order valence-electron chi connectivity index (χ1n) is 5.09. The number of hydrogen-bond donors (Lipinski definition) is 0. The number of methoxy groups -OCH3 is 1. The first-order valence-corrected chi connectivity index (χ1v) is 6.14. The van der Waals surface area contributed by atoms with Gasteiger partial charge in [-0.2, -0.15) is 0 Å². The Labute approximate surface area is 94.3 Å². The smallest absolute Gasteiger partial charge is 0.306 e. The summed E-state index contributed by atoms with van der Waals surface area (Å²) in [5.74, 6) is 0.437. The maximum absolute atomic E-state index is 11.5. The Hall–Kier alpha value is -0.710.